The zero-order valence-electron chi connectivity index (χ0n) is 9.97. The lowest BCUT2D eigenvalue weighted by atomic mass is 10.1. The molecular weight excluding hydrogens is 235 g/mol. The van der Waals surface area contributed by atoms with Crippen LogP contribution in [0, 0.1) is 5.82 Å². The quantitative estimate of drug-likeness (QED) is 0.830. The molecule has 1 aromatic rings. The van der Waals surface area contributed by atoms with Gasteiger partial charge in [-0.1, -0.05) is 0 Å². The predicted octanol–water partition coefficient (Wildman–Crippen LogP) is 2.16. The van der Waals surface area contributed by atoms with E-state index < -0.39 is 6.09 Å². The summed E-state index contributed by atoms with van der Waals surface area (Å²) in [6.45, 7) is 1.74. The molecule has 1 N–H and O–H groups in total. The first-order valence-electron chi connectivity index (χ1n) is 6.12. The topological polar surface area (TPSA) is 43.8 Å². The second-order valence-corrected chi connectivity index (χ2v) is 5.06. The zero-order chi connectivity index (χ0) is 12.8. The summed E-state index contributed by atoms with van der Waals surface area (Å²) in [6, 6.07) is 6.45. The molecular formula is C13H15FN2O2. The van der Waals surface area contributed by atoms with Crippen LogP contribution in [0.1, 0.15) is 12.8 Å². The molecule has 0 atom stereocenters. The molecule has 2 fully saturated rings. The van der Waals surface area contributed by atoms with E-state index in [1.165, 1.54) is 17.0 Å². The van der Waals surface area contributed by atoms with E-state index >= 15 is 0 Å². The summed E-state index contributed by atoms with van der Waals surface area (Å²) in [4.78, 5) is 14.7. The molecule has 0 unspecified atom stereocenters. The highest BCUT2D eigenvalue weighted by Gasteiger charge is 2.52. The van der Waals surface area contributed by atoms with E-state index in [0.29, 0.717) is 19.6 Å². The van der Waals surface area contributed by atoms with Gasteiger partial charge in [-0.05, 0) is 37.1 Å². The van der Waals surface area contributed by atoms with Crippen molar-refractivity contribution in [1.82, 2.24) is 4.90 Å². The average molecular weight is 250 g/mol. The van der Waals surface area contributed by atoms with Gasteiger partial charge in [-0.2, -0.15) is 0 Å². The van der Waals surface area contributed by atoms with Gasteiger partial charge in [0, 0.05) is 25.3 Å². The number of halogens is 1. The van der Waals surface area contributed by atoms with E-state index in [-0.39, 0.29) is 11.4 Å². The van der Waals surface area contributed by atoms with E-state index in [0.717, 1.165) is 18.5 Å². The lowest BCUT2D eigenvalue weighted by molar-refractivity contribution is 0.132. The molecule has 1 saturated carbocycles. The van der Waals surface area contributed by atoms with Gasteiger partial charge in [-0.25, -0.2) is 9.18 Å². The SMILES string of the molecule is O=C(O)N1CCN(c2ccc(F)cc2)C2(CC2)C1. The first-order chi connectivity index (χ1) is 8.61. The van der Waals surface area contributed by atoms with Crippen LogP contribution in [-0.4, -0.2) is 41.3 Å². The largest absolute Gasteiger partial charge is 0.465 e. The van der Waals surface area contributed by atoms with E-state index in [4.69, 9.17) is 5.11 Å². The van der Waals surface area contributed by atoms with Crippen molar-refractivity contribution in [2.45, 2.75) is 18.4 Å². The fourth-order valence-electron chi connectivity index (χ4n) is 2.74. The molecule has 1 spiro atoms. The smallest absolute Gasteiger partial charge is 0.407 e. The van der Waals surface area contributed by atoms with Crippen molar-refractivity contribution in [2.75, 3.05) is 24.5 Å². The Bertz CT molecular complexity index is 470. The Hall–Kier alpha value is -1.78. The number of carbonyl (C=O) groups is 1. The van der Waals surface area contributed by atoms with Crippen molar-refractivity contribution >= 4 is 11.8 Å². The van der Waals surface area contributed by atoms with Crippen molar-refractivity contribution in [3.63, 3.8) is 0 Å². The Morgan fingerprint density at radius 3 is 2.44 bits per heavy atom. The van der Waals surface area contributed by atoms with Crippen molar-refractivity contribution in [1.29, 1.82) is 0 Å². The van der Waals surface area contributed by atoms with Gasteiger partial charge >= 0.3 is 6.09 Å². The number of anilines is 1. The molecule has 1 aliphatic carbocycles. The maximum Gasteiger partial charge on any atom is 0.407 e. The fraction of sp³-hybridized carbons (Fsp3) is 0.462. The van der Waals surface area contributed by atoms with Gasteiger partial charge in [0.15, 0.2) is 0 Å². The highest BCUT2D eigenvalue weighted by molar-refractivity contribution is 5.66. The summed E-state index contributed by atoms with van der Waals surface area (Å²) in [7, 11) is 0. The summed E-state index contributed by atoms with van der Waals surface area (Å²) in [5, 5.41) is 9.05. The molecule has 18 heavy (non-hydrogen) atoms. The van der Waals surface area contributed by atoms with Crippen LogP contribution in [0.25, 0.3) is 0 Å². The van der Waals surface area contributed by atoms with Crippen LogP contribution in [0.15, 0.2) is 24.3 Å². The van der Waals surface area contributed by atoms with Crippen LogP contribution in [0.2, 0.25) is 0 Å². The molecule has 1 saturated heterocycles. The molecule has 1 aliphatic heterocycles. The van der Waals surface area contributed by atoms with Crippen LogP contribution >= 0.6 is 0 Å². The molecule has 1 aromatic carbocycles. The van der Waals surface area contributed by atoms with Gasteiger partial charge in [0.1, 0.15) is 5.82 Å². The standard InChI is InChI=1S/C13H15FN2O2/c14-10-1-3-11(4-2-10)16-8-7-15(12(17)18)9-13(16)5-6-13/h1-4H,5-9H2,(H,17,18). The minimum atomic E-state index is -0.847. The third-order valence-electron chi connectivity index (χ3n) is 3.89. The zero-order valence-corrected chi connectivity index (χ0v) is 9.97. The minimum absolute atomic E-state index is 0.0472. The molecule has 2 aliphatic rings. The number of piperazine rings is 1. The number of hydrogen-bond donors (Lipinski definition) is 1. The van der Waals surface area contributed by atoms with E-state index in [2.05, 4.69) is 4.90 Å². The Kier molecular flexibility index (Phi) is 2.43. The Balaban J connectivity index is 1.82. The molecule has 5 heteroatoms. The average Bonchev–Trinajstić information content (AvgIpc) is 3.10. The highest BCUT2D eigenvalue weighted by Crippen LogP contribution is 2.46. The van der Waals surface area contributed by atoms with Gasteiger partial charge in [0.2, 0.25) is 0 Å². The number of benzene rings is 1. The molecule has 0 aromatic heterocycles. The molecule has 3 rings (SSSR count). The monoisotopic (exact) mass is 250 g/mol. The predicted molar refractivity (Wildman–Crippen MR) is 65.3 cm³/mol. The number of rotatable bonds is 1. The second-order valence-electron chi connectivity index (χ2n) is 5.06. The number of nitrogens with zero attached hydrogens (tertiary/aromatic N) is 2. The van der Waals surface area contributed by atoms with Crippen molar-refractivity contribution in [2.24, 2.45) is 0 Å². The van der Waals surface area contributed by atoms with Crippen LogP contribution in [0.3, 0.4) is 0 Å². The van der Waals surface area contributed by atoms with Gasteiger partial charge in [-0.15, -0.1) is 0 Å². The Labute approximate surface area is 105 Å². The Morgan fingerprint density at radius 2 is 1.89 bits per heavy atom. The lowest BCUT2D eigenvalue weighted by Gasteiger charge is -2.42. The van der Waals surface area contributed by atoms with Gasteiger partial charge in [0.25, 0.3) is 0 Å². The summed E-state index contributed by atoms with van der Waals surface area (Å²) in [5.74, 6) is -0.243. The fourth-order valence-corrected chi connectivity index (χ4v) is 2.74. The first-order valence-corrected chi connectivity index (χ1v) is 6.12. The third-order valence-corrected chi connectivity index (χ3v) is 3.89. The number of carboxylic acid groups (broad SMARTS) is 1. The molecule has 0 radical (unpaired) electrons. The third kappa shape index (κ3) is 1.79. The highest BCUT2D eigenvalue weighted by atomic mass is 19.1. The normalized spacial score (nSPS) is 21.2. The van der Waals surface area contributed by atoms with Crippen LogP contribution in [0.4, 0.5) is 14.9 Å². The lowest BCUT2D eigenvalue weighted by Crippen LogP contribution is -2.56. The number of hydrogen-bond acceptors (Lipinski definition) is 2. The molecule has 4 nitrogen and oxygen atoms in total. The molecule has 0 bridgehead atoms. The summed E-state index contributed by atoms with van der Waals surface area (Å²) < 4.78 is 12.9. The Morgan fingerprint density at radius 1 is 1.22 bits per heavy atom. The summed E-state index contributed by atoms with van der Waals surface area (Å²) in [6.07, 6.45) is 1.17. The molecule has 1 amide bonds. The maximum absolute atomic E-state index is 12.9. The van der Waals surface area contributed by atoms with Gasteiger partial charge in [0.05, 0.1) is 5.54 Å². The molecule has 96 valence electrons. The summed E-state index contributed by atoms with van der Waals surface area (Å²) in [5.41, 5.74) is 0.938. The van der Waals surface area contributed by atoms with E-state index in [1.807, 2.05) is 0 Å². The van der Waals surface area contributed by atoms with Gasteiger partial charge in [-0.3, -0.25) is 0 Å². The maximum atomic E-state index is 12.9. The van der Waals surface area contributed by atoms with E-state index in [9.17, 15) is 9.18 Å². The minimum Gasteiger partial charge on any atom is -0.465 e. The van der Waals surface area contributed by atoms with Crippen molar-refractivity contribution in [3.8, 4) is 0 Å². The molecule has 1 heterocycles. The first kappa shape index (κ1) is 11.3. The van der Waals surface area contributed by atoms with Crippen LogP contribution in [-0.2, 0) is 0 Å². The summed E-state index contributed by atoms with van der Waals surface area (Å²) >= 11 is 0. The second kappa shape index (κ2) is 3.86. The van der Waals surface area contributed by atoms with Gasteiger partial charge < -0.3 is 14.9 Å². The van der Waals surface area contributed by atoms with Crippen LogP contribution < -0.4 is 4.90 Å². The van der Waals surface area contributed by atoms with Crippen molar-refractivity contribution < 1.29 is 14.3 Å². The van der Waals surface area contributed by atoms with Crippen molar-refractivity contribution in [3.05, 3.63) is 30.1 Å². The van der Waals surface area contributed by atoms with E-state index in [1.54, 1.807) is 12.1 Å². The number of amides is 1. The van der Waals surface area contributed by atoms with Crippen LogP contribution in [0.5, 0.6) is 0 Å².